The van der Waals surface area contributed by atoms with Gasteiger partial charge in [-0.2, -0.15) is 0 Å². The highest BCUT2D eigenvalue weighted by Crippen LogP contribution is 2.44. The zero-order chi connectivity index (χ0) is 22.7. The van der Waals surface area contributed by atoms with E-state index in [1.54, 1.807) is 12.1 Å². The largest absolute Gasteiger partial charge is 0.488 e. The van der Waals surface area contributed by atoms with Crippen LogP contribution < -0.4 is 9.64 Å². The molecule has 0 radical (unpaired) electrons. The molecule has 3 heterocycles. The number of hydrogen-bond acceptors (Lipinski definition) is 5. The van der Waals surface area contributed by atoms with E-state index in [2.05, 4.69) is 6.07 Å². The van der Waals surface area contributed by atoms with E-state index in [4.69, 9.17) is 9.47 Å². The lowest BCUT2D eigenvalue weighted by Gasteiger charge is -2.25. The van der Waals surface area contributed by atoms with Gasteiger partial charge in [0.1, 0.15) is 19.0 Å². The van der Waals surface area contributed by atoms with Crippen LogP contribution in [0.2, 0.25) is 0 Å². The summed E-state index contributed by atoms with van der Waals surface area (Å²) in [5.74, 6) is -0.333. The van der Waals surface area contributed by atoms with Crippen molar-refractivity contribution in [2.75, 3.05) is 4.90 Å². The van der Waals surface area contributed by atoms with Crippen LogP contribution in [0.25, 0.3) is 11.1 Å². The summed E-state index contributed by atoms with van der Waals surface area (Å²) in [4.78, 5) is 39.3. The highest BCUT2D eigenvalue weighted by atomic mass is 16.5. The SMILES string of the molecule is Cc1cc(CC2CC(=O)N(c3ccccc3)C2=O)c2c(c1)OCc1cc3c(cc1-2)COC3=O. The average molecular weight is 439 g/mol. The van der Waals surface area contributed by atoms with Crippen LogP contribution in [0.5, 0.6) is 5.75 Å². The summed E-state index contributed by atoms with van der Waals surface area (Å²) in [7, 11) is 0. The number of cyclic esters (lactones) is 1. The highest BCUT2D eigenvalue weighted by Gasteiger charge is 2.40. The number of aryl methyl sites for hydroxylation is 1. The molecule has 0 N–H and O–H groups in total. The fourth-order valence-corrected chi connectivity index (χ4v) is 5.10. The van der Waals surface area contributed by atoms with Gasteiger partial charge in [-0.1, -0.05) is 24.3 Å². The Bertz CT molecular complexity index is 1340. The van der Waals surface area contributed by atoms with E-state index in [9.17, 15) is 14.4 Å². The van der Waals surface area contributed by atoms with Crippen molar-refractivity contribution in [1.29, 1.82) is 0 Å². The number of imide groups is 1. The molecule has 1 fully saturated rings. The number of para-hydroxylation sites is 1. The van der Waals surface area contributed by atoms with Crippen LogP contribution >= 0.6 is 0 Å². The fraction of sp³-hybridized carbons (Fsp3) is 0.222. The maximum atomic E-state index is 13.2. The number of carbonyl (C=O) groups excluding carboxylic acids is 3. The summed E-state index contributed by atoms with van der Waals surface area (Å²) in [5, 5.41) is 0. The lowest BCUT2D eigenvalue weighted by molar-refractivity contribution is -0.122. The number of carbonyl (C=O) groups is 3. The molecule has 0 aromatic heterocycles. The summed E-state index contributed by atoms with van der Waals surface area (Å²) in [6.45, 7) is 2.63. The molecule has 0 spiro atoms. The van der Waals surface area contributed by atoms with Gasteiger partial charge in [-0.15, -0.1) is 0 Å². The number of fused-ring (bicyclic) bond motifs is 4. The monoisotopic (exact) mass is 439 g/mol. The molecule has 1 atom stereocenters. The normalized spacial score (nSPS) is 18.5. The average Bonchev–Trinajstić information content (AvgIpc) is 3.30. The van der Waals surface area contributed by atoms with E-state index in [0.29, 0.717) is 24.3 Å². The lowest BCUT2D eigenvalue weighted by atomic mass is 9.85. The van der Waals surface area contributed by atoms with Gasteiger partial charge in [0.15, 0.2) is 0 Å². The zero-order valence-corrected chi connectivity index (χ0v) is 18.1. The van der Waals surface area contributed by atoms with Crippen molar-refractivity contribution in [2.24, 2.45) is 5.92 Å². The van der Waals surface area contributed by atoms with Crippen molar-refractivity contribution < 1.29 is 23.9 Å². The number of rotatable bonds is 3. The third-order valence-corrected chi connectivity index (χ3v) is 6.61. The smallest absolute Gasteiger partial charge is 0.338 e. The van der Waals surface area contributed by atoms with Crippen LogP contribution in [0, 0.1) is 12.8 Å². The fourth-order valence-electron chi connectivity index (χ4n) is 5.10. The molecule has 2 amide bonds. The number of ether oxygens (including phenoxy) is 2. The highest BCUT2D eigenvalue weighted by molar-refractivity contribution is 6.21. The van der Waals surface area contributed by atoms with E-state index >= 15 is 0 Å². The van der Waals surface area contributed by atoms with Gasteiger partial charge in [-0.25, -0.2) is 4.79 Å². The molecule has 1 unspecified atom stereocenters. The minimum Gasteiger partial charge on any atom is -0.488 e. The quantitative estimate of drug-likeness (QED) is 0.448. The number of esters is 1. The van der Waals surface area contributed by atoms with Crippen molar-refractivity contribution >= 4 is 23.5 Å². The topological polar surface area (TPSA) is 72.9 Å². The predicted molar refractivity (Wildman–Crippen MR) is 121 cm³/mol. The van der Waals surface area contributed by atoms with Gasteiger partial charge in [0, 0.05) is 17.5 Å². The first-order valence-electron chi connectivity index (χ1n) is 11.0. The van der Waals surface area contributed by atoms with Crippen molar-refractivity contribution in [3.63, 3.8) is 0 Å². The molecular weight excluding hydrogens is 418 g/mol. The van der Waals surface area contributed by atoms with Crippen LogP contribution in [-0.4, -0.2) is 17.8 Å². The Morgan fingerprint density at radius 2 is 1.64 bits per heavy atom. The number of benzene rings is 3. The molecule has 164 valence electrons. The Morgan fingerprint density at radius 3 is 2.45 bits per heavy atom. The first-order chi connectivity index (χ1) is 16.0. The molecule has 3 aliphatic rings. The van der Waals surface area contributed by atoms with E-state index in [-0.39, 0.29) is 30.8 Å². The molecule has 0 aliphatic carbocycles. The number of amides is 2. The molecule has 1 saturated heterocycles. The van der Waals surface area contributed by atoms with E-state index in [0.717, 1.165) is 39.1 Å². The van der Waals surface area contributed by atoms with Crippen molar-refractivity contribution in [1.82, 2.24) is 0 Å². The van der Waals surface area contributed by atoms with Crippen LogP contribution in [0.15, 0.2) is 54.6 Å². The Kier molecular flexibility index (Phi) is 4.37. The van der Waals surface area contributed by atoms with Crippen LogP contribution in [0.3, 0.4) is 0 Å². The number of anilines is 1. The molecule has 6 rings (SSSR count). The van der Waals surface area contributed by atoms with E-state index in [1.807, 2.05) is 43.3 Å². The second-order valence-electron chi connectivity index (χ2n) is 8.84. The Labute approximate surface area is 190 Å². The first kappa shape index (κ1) is 19.7. The van der Waals surface area contributed by atoms with E-state index < -0.39 is 5.92 Å². The molecule has 3 aliphatic heterocycles. The maximum Gasteiger partial charge on any atom is 0.338 e. The summed E-state index contributed by atoms with van der Waals surface area (Å²) in [6.07, 6.45) is 0.615. The van der Waals surface area contributed by atoms with Crippen molar-refractivity contribution in [3.8, 4) is 16.9 Å². The van der Waals surface area contributed by atoms with Crippen LogP contribution in [-0.2, 0) is 34.0 Å². The van der Waals surface area contributed by atoms with Crippen molar-refractivity contribution in [2.45, 2.75) is 33.0 Å². The second kappa shape index (κ2) is 7.30. The van der Waals surface area contributed by atoms with Gasteiger partial charge >= 0.3 is 5.97 Å². The Hall–Kier alpha value is -3.93. The Morgan fingerprint density at radius 1 is 0.909 bits per heavy atom. The minimum atomic E-state index is -0.437. The molecule has 3 aromatic carbocycles. The van der Waals surface area contributed by atoms with Crippen molar-refractivity contribution in [3.05, 3.63) is 82.4 Å². The summed E-state index contributed by atoms with van der Waals surface area (Å²) >= 11 is 0. The van der Waals surface area contributed by atoms with E-state index in [1.165, 1.54) is 4.90 Å². The van der Waals surface area contributed by atoms with Crippen LogP contribution in [0.4, 0.5) is 5.69 Å². The molecule has 3 aromatic rings. The molecule has 6 nitrogen and oxygen atoms in total. The first-order valence-corrected chi connectivity index (χ1v) is 11.0. The standard InChI is InChI=1S/C27H21NO5/c1-15-7-16(9-17-12-24(29)28(26(17)30)20-5-3-2-4-6-20)25-21-10-19-14-33-27(31)22(19)11-18(21)13-32-23(25)8-15/h2-8,10-11,17H,9,12-14H2,1H3. The molecule has 0 bridgehead atoms. The minimum absolute atomic E-state index is 0.175. The Balaban J connectivity index is 1.40. The summed E-state index contributed by atoms with van der Waals surface area (Å²) in [6, 6.07) is 17.0. The van der Waals surface area contributed by atoms with Gasteiger partial charge in [0.05, 0.1) is 17.2 Å². The third kappa shape index (κ3) is 3.13. The molecule has 6 heteroatoms. The maximum absolute atomic E-state index is 13.2. The second-order valence-corrected chi connectivity index (χ2v) is 8.84. The third-order valence-electron chi connectivity index (χ3n) is 6.61. The predicted octanol–water partition coefficient (Wildman–Crippen LogP) is 4.35. The molecule has 0 saturated carbocycles. The van der Waals surface area contributed by atoms with Gasteiger partial charge < -0.3 is 9.47 Å². The van der Waals surface area contributed by atoms with Gasteiger partial charge in [0.25, 0.3) is 0 Å². The summed E-state index contributed by atoms with van der Waals surface area (Å²) in [5.41, 5.74) is 6.91. The van der Waals surface area contributed by atoms with Gasteiger partial charge in [0.2, 0.25) is 11.8 Å². The van der Waals surface area contributed by atoms with Gasteiger partial charge in [-0.05, 0) is 65.9 Å². The molecular formula is C27H21NO5. The number of nitrogens with zero attached hydrogens (tertiary/aromatic N) is 1. The van der Waals surface area contributed by atoms with Crippen LogP contribution in [0.1, 0.15) is 39.0 Å². The summed E-state index contributed by atoms with van der Waals surface area (Å²) < 4.78 is 11.3. The molecule has 33 heavy (non-hydrogen) atoms. The van der Waals surface area contributed by atoms with Gasteiger partial charge in [-0.3, -0.25) is 14.5 Å². The lowest BCUT2D eigenvalue weighted by Crippen LogP contribution is -2.30. The number of hydrogen-bond donors (Lipinski definition) is 0. The zero-order valence-electron chi connectivity index (χ0n) is 18.1.